The Morgan fingerprint density at radius 1 is 0.911 bits per heavy atom. The summed E-state index contributed by atoms with van der Waals surface area (Å²) in [5, 5.41) is 0. The number of methoxy groups -OCH3 is 1. The first-order chi connectivity index (χ1) is 21.9. The van der Waals surface area contributed by atoms with Gasteiger partial charge in [0.15, 0.2) is 16.3 Å². The molecule has 3 aromatic carbocycles. The lowest BCUT2D eigenvalue weighted by Gasteiger charge is -2.25. The molecule has 1 atom stereocenters. The van der Waals surface area contributed by atoms with Crippen LogP contribution in [0.4, 0.5) is 0 Å². The molecule has 2 heterocycles. The fourth-order valence-electron chi connectivity index (χ4n) is 5.08. The summed E-state index contributed by atoms with van der Waals surface area (Å²) in [6.07, 6.45) is 2.30. The molecule has 1 aliphatic rings. The molecule has 0 N–H and O–H groups in total. The van der Waals surface area contributed by atoms with E-state index in [-0.39, 0.29) is 18.1 Å². The zero-order valence-electron chi connectivity index (χ0n) is 25.6. The molecule has 0 spiro atoms. The Kier molecular flexibility index (Phi) is 9.94. The highest BCUT2D eigenvalue weighted by molar-refractivity contribution is 7.07. The zero-order valence-corrected chi connectivity index (χ0v) is 26.4. The Morgan fingerprint density at radius 2 is 1.67 bits per heavy atom. The van der Waals surface area contributed by atoms with Crippen molar-refractivity contribution in [1.82, 2.24) is 4.57 Å². The van der Waals surface area contributed by atoms with Gasteiger partial charge in [0.25, 0.3) is 5.56 Å². The fourth-order valence-corrected chi connectivity index (χ4v) is 6.10. The van der Waals surface area contributed by atoms with Gasteiger partial charge < -0.3 is 18.9 Å². The van der Waals surface area contributed by atoms with Gasteiger partial charge in [-0.1, -0.05) is 66.8 Å². The molecule has 232 valence electrons. The first-order valence-electron chi connectivity index (χ1n) is 14.7. The normalized spacial score (nSPS) is 14.4. The lowest BCUT2D eigenvalue weighted by molar-refractivity contribution is -0.136. The minimum absolute atomic E-state index is 0.256. The van der Waals surface area contributed by atoms with Gasteiger partial charge in [-0.2, -0.15) is 0 Å². The van der Waals surface area contributed by atoms with Crippen LogP contribution in [-0.2, 0) is 20.9 Å². The summed E-state index contributed by atoms with van der Waals surface area (Å²) in [7, 11) is 1.33. The van der Waals surface area contributed by atoms with Crippen LogP contribution >= 0.6 is 11.3 Å². The lowest BCUT2D eigenvalue weighted by atomic mass is 9.95. The topological polar surface area (TPSA) is 105 Å². The quantitative estimate of drug-likeness (QED) is 0.217. The zero-order chi connectivity index (χ0) is 31.9. The van der Waals surface area contributed by atoms with Gasteiger partial charge in [0.1, 0.15) is 6.61 Å². The van der Waals surface area contributed by atoms with Crippen LogP contribution in [0.15, 0.2) is 93.9 Å². The van der Waals surface area contributed by atoms with Gasteiger partial charge >= 0.3 is 11.9 Å². The minimum atomic E-state index is -0.659. The number of fused-ring (bicyclic) bond motifs is 1. The maximum absolute atomic E-state index is 13.9. The van der Waals surface area contributed by atoms with Gasteiger partial charge in [0, 0.05) is 0 Å². The van der Waals surface area contributed by atoms with Crippen LogP contribution in [0.2, 0.25) is 0 Å². The molecule has 9 nitrogen and oxygen atoms in total. The Labute approximate surface area is 264 Å². The van der Waals surface area contributed by atoms with Crippen molar-refractivity contribution in [2.75, 3.05) is 20.3 Å². The third-order valence-corrected chi connectivity index (χ3v) is 8.17. The maximum atomic E-state index is 13.9. The van der Waals surface area contributed by atoms with Crippen molar-refractivity contribution in [2.45, 2.75) is 39.8 Å². The van der Waals surface area contributed by atoms with Gasteiger partial charge in [-0.05, 0) is 67.3 Å². The second kappa shape index (κ2) is 14.2. The number of carbonyl (C=O) groups is 2. The van der Waals surface area contributed by atoms with Crippen LogP contribution in [0.1, 0.15) is 60.3 Å². The first-order valence-corrected chi connectivity index (χ1v) is 15.5. The van der Waals surface area contributed by atoms with Crippen molar-refractivity contribution in [3.05, 3.63) is 126 Å². The van der Waals surface area contributed by atoms with Crippen molar-refractivity contribution < 1.29 is 28.5 Å². The predicted octanol–water partition coefficient (Wildman–Crippen LogP) is 4.95. The standard InChI is InChI=1S/C35H34N2O7S/c1-5-26-30(34(40)41-4)31(24-11-9-8-10-12-24)37-32(38)29(45-35(37)36-26)20-23-15-18-27(28(19-23)42-6-2)44-21-22-13-16-25(17-14-22)33(39)43-7-3/h8-20,31H,5-7,21H2,1-4H3/b29-20+/t31-/m0/s1. The van der Waals surface area contributed by atoms with Crippen molar-refractivity contribution in [1.29, 1.82) is 0 Å². The van der Waals surface area contributed by atoms with E-state index in [1.807, 2.05) is 68.4 Å². The summed E-state index contributed by atoms with van der Waals surface area (Å²) in [6, 6.07) is 21.3. The Morgan fingerprint density at radius 3 is 2.33 bits per heavy atom. The molecule has 0 radical (unpaired) electrons. The van der Waals surface area contributed by atoms with Crippen molar-refractivity contribution in [3.63, 3.8) is 0 Å². The van der Waals surface area contributed by atoms with Crippen molar-refractivity contribution in [3.8, 4) is 11.5 Å². The van der Waals surface area contributed by atoms with E-state index in [0.717, 1.165) is 16.7 Å². The molecule has 45 heavy (non-hydrogen) atoms. The van der Waals surface area contributed by atoms with E-state index in [1.165, 1.54) is 18.4 Å². The van der Waals surface area contributed by atoms with Gasteiger partial charge in [-0.3, -0.25) is 9.36 Å². The smallest absolute Gasteiger partial charge is 0.338 e. The average molecular weight is 627 g/mol. The number of carbonyl (C=O) groups excluding carboxylic acids is 2. The molecule has 0 amide bonds. The van der Waals surface area contributed by atoms with Gasteiger partial charge in [-0.15, -0.1) is 0 Å². The number of rotatable bonds is 11. The summed E-state index contributed by atoms with van der Waals surface area (Å²) in [5.74, 6) is 0.206. The summed E-state index contributed by atoms with van der Waals surface area (Å²) < 4.78 is 24.2. The number of hydrogen-bond acceptors (Lipinski definition) is 9. The lowest BCUT2D eigenvalue weighted by Crippen LogP contribution is -2.40. The predicted molar refractivity (Wildman–Crippen MR) is 171 cm³/mol. The molecule has 4 aromatic rings. The van der Waals surface area contributed by atoms with E-state index in [9.17, 15) is 14.4 Å². The summed E-state index contributed by atoms with van der Waals surface area (Å²) in [6.45, 7) is 6.58. The number of aromatic nitrogens is 1. The molecule has 0 fully saturated rings. The highest BCUT2D eigenvalue weighted by Gasteiger charge is 2.33. The summed E-state index contributed by atoms with van der Waals surface area (Å²) in [4.78, 5) is 44.1. The van der Waals surface area contributed by atoms with Gasteiger partial charge in [-0.25, -0.2) is 14.6 Å². The number of hydrogen-bond donors (Lipinski definition) is 0. The number of nitrogens with zero attached hydrogens (tertiary/aromatic N) is 2. The molecule has 1 aliphatic heterocycles. The molecule has 5 rings (SSSR count). The van der Waals surface area contributed by atoms with E-state index in [2.05, 4.69) is 0 Å². The number of ether oxygens (including phenoxy) is 4. The number of benzene rings is 3. The van der Waals surface area contributed by atoms with Crippen LogP contribution in [-0.4, -0.2) is 36.8 Å². The first kappa shape index (κ1) is 31.5. The minimum Gasteiger partial charge on any atom is -0.490 e. The van der Waals surface area contributed by atoms with Crippen molar-refractivity contribution in [2.24, 2.45) is 4.99 Å². The molecule has 0 unspecified atom stereocenters. The highest BCUT2D eigenvalue weighted by Crippen LogP contribution is 2.32. The van der Waals surface area contributed by atoms with Crippen LogP contribution in [0.3, 0.4) is 0 Å². The van der Waals surface area contributed by atoms with E-state index in [4.69, 9.17) is 23.9 Å². The Balaban J connectivity index is 1.48. The number of esters is 2. The molecular weight excluding hydrogens is 592 g/mol. The second-order valence-corrected chi connectivity index (χ2v) is 11.1. The molecular formula is C35H34N2O7S. The Hall–Kier alpha value is -4.96. The van der Waals surface area contributed by atoms with Crippen LogP contribution < -0.4 is 24.4 Å². The monoisotopic (exact) mass is 626 g/mol. The SMILES string of the molecule is CCOC(=O)c1ccc(COc2ccc(/C=c3/sc4n(c3=O)[C@@H](c3ccccc3)C(C(=O)OC)=C(CC)N=4)cc2OCC)cc1. The van der Waals surface area contributed by atoms with Crippen LogP contribution in [0.25, 0.3) is 6.08 Å². The fraction of sp³-hybridized carbons (Fsp3) is 0.257. The molecule has 1 aromatic heterocycles. The highest BCUT2D eigenvalue weighted by atomic mass is 32.1. The molecule has 0 saturated heterocycles. The average Bonchev–Trinajstić information content (AvgIpc) is 3.37. The van der Waals surface area contributed by atoms with E-state index in [0.29, 0.717) is 57.3 Å². The molecule has 0 aliphatic carbocycles. The van der Waals surface area contributed by atoms with Gasteiger partial charge in [0.2, 0.25) is 0 Å². The number of thiazole rings is 1. The summed E-state index contributed by atoms with van der Waals surface area (Å²) in [5.41, 5.74) is 3.60. The Bertz CT molecular complexity index is 1910. The van der Waals surface area contributed by atoms with Crippen LogP contribution in [0.5, 0.6) is 11.5 Å². The van der Waals surface area contributed by atoms with E-state index in [1.54, 1.807) is 35.8 Å². The summed E-state index contributed by atoms with van der Waals surface area (Å²) >= 11 is 1.27. The number of allylic oxidation sites excluding steroid dienone is 1. The largest absolute Gasteiger partial charge is 0.490 e. The second-order valence-electron chi connectivity index (χ2n) is 10.0. The van der Waals surface area contributed by atoms with E-state index < -0.39 is 12.0 Å². The molecule has 0 bridgehead atoms. The van der Waals surface area contributed by atoms with Crippen molar-refractivity contribution >= 4 is 29.4 Å². The molecule has 10 heteroatoms. The van der Waals surface area contributed by atoms with Crippen LogP contribution in [0, 0.1) is 0 Å². The molecule has 0 saturated carbocycles. The third kappa shape index (κ3) is 6.76. The van der Waals surface area contributed by atoms with Gasteiger partial charge in [0.05, 0.1) is 47.7 Å². The third-order valence-electron chi connectivity index (χ3n) is 7.19. The van der Waals surface area contributed by atoms with E-state index >= 15 is 0 Å². The maximum Gasteiger partial charge on any atom is 0.338 e.